The number of carbonyl (C=O) groups is 2. The SMILES string of the molecule is CCC(=O)Nc1cccc(NCC(=O)NCCCOC)c1C. The fourth-order valence-electron chi connectivity index (χ4n) is 1.88. The number of benzene rings is 1. The van der Waals surface area contributed by atoms with Crippen LogP contribution < -0.4 is 16.0 Å². The molecule has 0 saturated heterocycles. The van der Waals surface area contributed by atoms with E-state index in [1.54, 1.807) is 14.0 Å². The van der Waals surface area contributed by atoms with Crippen LogP contribution in [0.1, 0.15) is 25.3 Å². The second-order valence-corrected chi connectivity index (χ2v) is 4.93. The van der Waals surface area contributed by atoms with Crippen molar-refractivity contribution in [3.05, 3.63) is 23.8 Å². The molecule has 122 valence electrons. The largest absolute Gasteiger partial charge is 0.385 e. The van der Waals surface area contributed by atoms with Crippen LogP contribution in [0, 0.1) is 6.92 Å². The average molecular weight is 307 g/mol. The lowest BCUT2D eigenvalue weighted by Crippen LogP contribution is -2.31. The van der Waals surface area contributed by atoms with Gasteiger partial charge in [0.05, 0.1) is 6.54 Å². The number of hydrogen-bond acceptors (Lipinski definition) is 4. The first-order valence-corrected chi connectivity index (χ1v) is 7.47. The lowest BCUT2D eigenvalue weighted by Gasteiger charge is -2.14. The summed E-state index contributed by atoms with van der Waals surface area (Å²) in [4.78, 5) is 23.2. The Kier molecular flexibility index (Phi) is 7.99. The quantitative estimate of drug-likeness (QED) is 0.609. The molecule has 0 unspecified atom stereocenters. The summed E-state index contributed by atoms with van der Waals surface area (Å²) >= 11 is 0. The molecule has 0 heterocycles. The van der Waals surface area contributed by atoms with Crippen molar-refractivity contribution in [2.45, 2.75) is 26.7 Å². The molecule has 6 heteroatoms. The summed E-state index contributed by atoms with van der Waals surface area (Å²) in [5, 5.41) is 8.75. The summed E-state index contributed by atoms with van der Waals surface area (Å²) in [6.07, 6.45) is 1.22. The molecule has 0 saturated carbocycles. The highest BCUT2D eigenvalue weighted by Crippen LogP contribution is 2.23. The van der Waals surface area contributed by atoms with E-state index in [0.29, 0.717) is 19.6 Å². The molecule has 0 aliphatic carbocycles. The Labute approximate surface area is 131 Å². The Morgan fingerprint density at radius 3 is 2.59 bits per heavy atom. The van der Waals surface area contributed by atoms with E-state index in [0.717, 1.165) is 23.4 Å². The predicted octanol–water partition coefficient (Wildman–Crippen LogP) is 1.91. The van der Waals surface area contributed by atoms with Crippen molar-refractivity contribution in [3.8, 4) is 0 Å². The van der Waals surface area contributed by atoms with Gasteiger partial charge in [-0.1, -0.05) is 13.0 Å². The Bertz CT molecular complexity index is 503. The molecule has 3 N–H and O–H groups in total. The molecular formula is C16H25N3O3. The van der Waals surface area contributed by atoms with Gasteiger partial charge >= 0.3 is 0 Å². The van der Waals surface area contributed by atoms with Gasteiger partial charge in [-0.15, -0.1) is 0 Å². The molecule has 2 amide bonds. The van der Waals surface area contributed by atoms with E-state index in [4.69, 9.17) is 4.74 Å². The van der Waals surface area contributed by atoms with Crippen molar-refractivity contribution < 1.29 is 14.3 Å². The number of carbonyl (C=O) groups excluding carboxylic acids is 2. The van der Waals surface area contributed by atoms with Gasteiger partial charge < -0.3 is 20.7 Å². The molecular weight excluding hydrogens is 282 g/mol. The fraction of sp³-hybridized carbons (Fsp3) is 0.500. The van der Waals surface area contributed by atoms with E-state index in [2.05, 4.69) is 16.0 Å². The summed E-state index contributed by atoms with van der Waals surface area (Å²) in [5.41, 5.74) is 2.51. The second kappa shape index (κ2) is 9.78. The van der Waals surface area contributed by atoms with Crippen LogP contribution >= 0.6 is 0 Å². The smallest absolute Gasteiger partial charge is 0.239 e. The Morgan fingerprint density at radius 2 is 1.91 bits per heavy atom. The van der Waals surface area contributed by atoms with E-state index in [-0.39, 0.29) is 18.4 Å². The molecule has 0 fully saturated rings. The first-order chi connectivity index (χ1) is 10.6. The lowest BCUT2D eigenvalue weighted by molar-refractivity contribution is -0.119. The summed E-state index contributed by atoms with van der Waals surface area (Å²) in [6.45, 7) is 5.13. The minimum atomic E-state index is -0.0708. The van der Waals surface area contributed by atoms with Crippen LogP contribution in [0.5, 0.6) is 0 Å². The van der Waals surface area contributed by atoms with E-state index < -0.39 is 0 Å². The monoisotopic (exact) mass is 307 g/mol. The van der Waals surface area contributed by atoms with Gasteiger partial charge in [0.2, 0.25) is 11.8 Å². The number of hydrogen-bond donors (Lipinski definition) is 3. The van der Waals surface area contributed by atoms with E-state index in [1.807, 2.05) is 25.1 Å². The van der Waals surface area contributed by atoms with Gasteiger partial charge in [0, 0.05) is 38.1 Å². The Balaban J connectivity index is 2.50. The molecule has 0 aliphatic heterocycles. The zero-order chi connectivity index (χ0) is 16.4. The minimum absolute atomic E-state index is 0.0314. The highest BCUT2D eigenvalue weighted by molar-refractivity contribution is 5.92. The van der Waals surface area contributed by atoms with Crippen molar-refractivity contribution in [2.24, 2.45) is 0 Å². The van der Waals surface area contributed by atoms with Crippen molar-refractivity contribution in [1.82, 2.24) is 5.32 Å². The van der Waals surface area contributed by atoms with E-state index >= 15 is 0 Å². The van der Waals surface area contributed by atoms with Gasteiger partial charge in [-0.05, 0) is 31.0 Å². The second-order valence-electron chi connectivity index (χ2n) is 4.93. The molecule has 0 aliphatic rings. The maximum Gasteiger partial charge on any atom is 0.239 e. The third-order valence-corrected chi connectivity index (χ3v) is 3.22. The van der Waals surface area contributed by atoms with Crippen LogP contribution in [0.4, 0.5) is 11.4 Å². The van der Waals surface area contributed by atoms with Crippen molar-refractivity contribution in [2.75, 3.05) is 37.4 Å². The summed E-state index contributed by atoms with van der Waals surface area (Å²) in [6, 6.07) is 5.57. The van der Waals surface area contributed by atoms with E-state index in [1.165, 1.54) is 0 Å². The molecule has 0 aromatic heterocycles. The van der Waals surface area contributed by atoms with Crippen LogP contribution in [0.25, 0.3) is 0 Å². The average Bonchev–Trinajstić information content (AvgIpc) is 2.52. The van der Waals surface area contributed by atoms with Gasteiger partial charge in [0.15, 0.2) is 0 Å². The van der Waals surface area contributed by atoms with E-state index in [9.17, 15) is 9.59 Å². The molecule has 0 radical (unpaired) electrons. The third-order valence-electron chi connectivity index (χ3n) is 3.22. The molecule has 0 atom stereocenters. The van der Waals surface area contributed by atoms with Crippen LogP contribution in [0.15, 0.2) is 18.2 Å². The van der Waals surface area contributed by atoms with Gasteiger partial charge in [0.25, 0.3) is 0 Å². The first kappa shape index (κ1) is 18.0. The highest BCUT2D eigenvalue weighted by Gasteiger charge is 2.07. The number of anilines is 2. The zero-order valence-electron chi connectivity index (χ0n) is 13.5. The number of rotatable bonds is 9. The molecule has 0 bridgehead atoms. The van der Waals surface area contributed by atoms with Crippen molar-refractivity contribution in [3.63, 3.8) is 0 Å². The standard InChI is InChI=1S/C16H25N3O3/c1-4-15(20)19-14-8-5-7-13(12(14)2)18-11-16(21)17-9-6-10-22-3/h5,7-8,18H,4,6,9-11H2,1-3H3,(H,17,21)(H,19,20). The first-order valence-electron chi connectivity index (χ1n) is 7.47. The third kappa shape index (κ3) is 6.13. The van der Waals surface area contributed by atoms with Crippen LogP contribution in [-0.4, -0.2) is 38.6 Å². The predicted molar refractivity (Wildman–Crippen MR) is 88.1 cm³/mol. The molecule has 1 aromatic rings. The molecule has 6 nitrogen and oxygen atoms in total. The number of ether oxygens (including phenoxy) is 1. The van der Waals surface area contributed by atoms with Gasteiger partial charge in [-0.2, -0.15) is 0 Å². The van der Waals surface area contributed by atoms with Crippen molar-refractivity contribution >= 4 is 23.2 Å². The topological polar surface area (TPSA) is 79.5 Å². The number of amides is 2. The molecule has 0 spiro atoms. The maximum absolute atomic E-state index is 11.7. The lowest BCUT2D eigenvalue weighted by atomic mass is 10.1. The highest BCUT2D eigenvalue weighted by atomic mass is 16.5. The fourth-order valence-corrected chi connectivity index (χ4v) is 1.88. The van der Waals surface area contributed by atoms with Crippen LogP contribution in [-0.2, 0) is 14.3 Å². The Morgan fingerprint density at radius 1 is 1.18 bits per heavy atom. The molecule has 22 heavy (non-hydrogen) atoms. The molecule has 1 rings (SSSR count). The maximum atomic E-state index is 11.7. The molecule has 1 aromatic carbocycles. The van der Waals surface area contributed by atoms with Gasteiger partial charge in [-0.3, -0.25) is 9.59 Å². The normalized spacial score (nSPS) is 10.1. The van der Waals surface area contributed by atoms with Crippen LogP contribution in [0.3, 0.4) is 0 Å². The minimum Gasteiger partial charge on any atom is -0.385 e. The van der Waals surface area contributed by atoms with Gasteiger partial charge in [0.1, 0.15) is 0 Å². The summed E-state index contributed by atoms with van der Waals surface area (Å²) in [7, 11) is 1.64. The van der Waals surface area contributed by atoms with Crippen LogP contribution in [0.2, 0.25) is 0 Å². The summed E-state index contributed by atoms with van der Waals surface area (Å²) in [5.74, 6) is -0.102. The number of nitrogens with one attached hydrogen (secondary N) is 3. The van der Waals surface area contributed by atoms with Crippen molar-refractivity contribution in [1.29, 1.82) is 0 Å². The zero-order valence-corrected chi connectivity index (χ0v) is 13.5. The number of methoxy groups -OCH3 is 1. The Hall–Kier alpha value is -2.08. The summed E-state index contributed by atoms with van der Waals surface area (Å²) < 4.78 is 4.92. The van der Waals surface area contributed by atoms with Gasteiger partial charge in [-0.25, -0.2) is 0 Å².